The molecule has 0 unspecified atom stereocenters. The summed E-state index contributed by atoms with van der Waals surface area (Å²) in [5.74, 6) is 0.892. The Morgan fingerprint density at radius 3 is 2.47 bits per heavy atom. The van der Waals surface area contributed by atoms with E-state index in [0.29, 0.717) is 0 Å². The van der Waals surface area contributed by atoms with Crippen molar-refractivity contribution in [1.29, 1.82) is 0 Å². The molecule has 0 heterocycles. The van der Waals surface area contributed by atoms with Gasteiger partial charge in [-0.05, 0) is 82.3 Å². The number of hydrogen-bond donors (Lipinski definition) is 1. The summed E-state index contributed by atoms with van der Waals surface area (Å²) in [6.07, 6.45) is 6.50. The minimum Gasteiger partial charge on any atom is -0.491 e. The number of hydrogen-bond acceptors (Lipinski definition) is 2. The van der Waals surface area contributed by atoms with E-state index in [2.05, 4.69) is 55.9 Å². The van der Waals surface area contributed by atoms with E-state index in [1.54, 1.807) is 0 Å². The van der Waals surface area contributed by atoms with Gasteiger partial charge in [0.1, 0.15) is 5.75 Å². The van der Waals surface area contributed by atoms with E-state index in [0.717, 1.165) is 40.7 Å². The number of rotatable bonds is 9. The summed E-state index contributed by atoms with van der Waals surface area (Å²) in [6.45, 7) is 5.32. The fourth-order valence-electron chi connectivity index (χ4n) is 1.80. The van der Waals surface area contributed by atoms with Crippen molar-refractivity contribution >= 4 is 31.9 Å². The lowest BCUT2D eigenvalue weighted by atomic mass is 10.2. The van der Waals surface area contributed by atoms with Crippen molar-refractivity contribution in [3.05, 3.63) is 39.3 Å². The Morgan fingerprint density at radius 1 is 1.21 bits per heavy atom. The smallest absolute Gasteiger partial charge is 0.147 e. The summed E-state index contributed by atoms with van der Waals surface area (Å²) < 4.78 is 7.84. The molecule has 0 radical (unpaired) electrons. The quantitative estimate of drug-likeness (QED) is 0.470. The predicted molar refractivity (Wildman–Crippen MR) is 88.8 cm³/mol. The van der Waals surface area contributed by atoms with Crippen LogP contribution < -0.4 is 10.1 Å². The van der Waals surface area contributed by atoms with Crippen molar-refractivity contribution < 1.29 is 4.74 Å². The van der Waals surface area contributed by atoms with E-state index in [1.807, 2.05) is 13.1 Å². The largest absolute Gasteiger partial charge is 0.491 e. The third-order valence-corrected chi connectivity index (χ3v) is 3.92. The van der Waals surface area contributed by atoms with Crippen LogP contribution in [0, 0.1) is 0 Å². The average molecular weight is 391 g/mol. The van der Waals surface area contributed by atoms with E-state index in [-0.39, 0.29) is 0 Å². The molecule has 0 aliphatic rings. The molecule has 0 amide bonds. The molecular formula is C15H21Br2NO. The molecule has 1 aromatic carbocycles. The number of allylic oxidation sites excluding steroid dienone is 1. The van der Waals surface area contributed by atoms with Gasteiger partial charge in [0, 0.05) is 6.54 Å². The van der Waals surface area contributed by atoms with Crippen LogP contribution in [0.4, 0.5) is 0 Å². The highest BCUT2D eigenvalue weighted by atomic mass is 79.9. The summed E-state index contributed by atoms with van der Waals surface area (Å²) in [4.78, 5) is 0. The third kappa shape index (κ3) is 6.11. The monoisotopic (exact) mass is 389 g/mol. The lowest BCUT2D eigenvalue weighted by Crippen LogP contribution is -2.06. The Morgan fingerprint density at radius 2 is 1.89 bits per heavy atom. The number of unbranched alkanes of at least 4 members (excludes halogenated alkanes) is 3. The van der Waals surface area contributed by atoms with Crippen LogP contribution >= 0.6 is 31.9 Å². The first-order valence-electron chi connectivity index (χ1n) is 6.55. The van der Waals surface area contributed by atoms with Crippen molar-refractivity contribution in [3.63, 3.8) is 0 Å². The van der Waals surface area contributed by atoms with E-state index in [9.17, 15) is 0 Å². The highest BCUT2D eigenvalue weighted by Gasteiger charge is 2.08. The van der Waals surface area contributed by atoms with Gasteiger partial charge in [0.05, 0.1) is 15.6 Å². The maximum atomic E-state index is 5.84. The Bertz CT molecular complexity index is 384. The Balaban J connectivity index is 2.47. The second kappa shape index (κ2) is 9.56. The molecular weight excluding hydrogens is 370 g/mol. The molecule has 0 bridgehead atoms. The third-order valence-electron chi connectivity index (χ3n) is 2.74. The molecule has 0 spiro atoms. The Kier molecular flexibility index (Phi) is 8.42. The molecule has 0 saturated carbocycles. The summed E-state index contributed by atoms with van der Waals surface area (Å²) in [6, 6.07) is 4.18. The lowest BCUT2D eigenvalue weighted by molar-refractivity contribution is 0.302. The molecule has 0 aliphatic carbocycles. The number of nitrogens with one attached hydrogen (secondary N) is 1. The van der Waals surface area contributed by atoms with Gasteiger partial charge in [-0.2, -0.15) is 0 Å². The van der Waals surface area contributed by atoms with Crippen molar-refractivity contribution in [2.75, 3.05) is 13.7 Å². The maximum absolute atomic E-state index is 5.84. The van der Waals surface area contributed by atoms with E-state index < -0.39 is 0 Å². The highest BCUT2D eigenvalue weighted by Crippen LogP contribution is 2.34. The summed E-state index contributed by atoms with van der Waals surface area (Å²) in [7, 11) is 1.94. The Labute approximate surface area is 132 Å². The van der Waals surface area contributed by atoms with Crippen LogP contribution in [0.1, 0.15) is 31.2 Å². The molecule has 0 saturated heterocycles. The van der Waals surface area contributed by atoms with Crippen molar-refractivity contribution in [3.8, 4) is 5.75 Å². The minimum absolute atomic E-state index is 0.750. The number of ether oxygens (including phenoxy) is 1. The predicted octanol–water partition coefficient (Wildman–Crippen LogP) is 5.06. The maximum Gasteiger partial charge on any atom is 0.147 e. The average Bonchev–Trinajstić information content (AvgIpc) is 2.36. The zero-order valence-corrected chi connectivity index (χ0v) is 14.5. The van der Waals surface area contributed by atoms with Gasteiger partial charge in [-0.15, -0.1) is 6.58 Å². The van der Waals surface area contributed by atoms with E-state index in [1.165, 1.54) is 18.4 Å². The first-order chi connectivity index (χ1) is 9.19. The topological polar surface area (TPSA) is 21.3 Å². The van der Waals surface area contributed by atoms with Crippen molar-refractivity contribution in [1.82, 2.24) is 5.32 Å². The van der Waals surface area contributed by atoms with Gasteiger partial charge in [0.2, 0.25) is 0 Å². The van der Waals surface area contributed by atoms with Crippen LogP contribution in [-0.4, -0.2) is 13.7 Å². The number of benzene rings is 1. The first kappa shape index (κ1) is 16.7. The van der Waals surface area contributed by atoms with Crippen LogP contribution in [0.25, 0.3) is 0 Å². The van der Waals surface area contributed by atoms with E-state index in [4.69, 9.17) is 4.74 Å². The first-order valence-corrected chi connectivity index (χ1v) is 8.14. The van der Waals surface area contributed by atoms with Crippen LogP contribution in [0.5, 0.6) is 5.75 Å². The summed E-state index contributed by atoms with van der Waals surface area (Å²) in [5, 5.41) is 3.14. The van der Waals surface area contributed by atoms with Gasteiger partial charge in [-0.3, -0.25) is 0 Å². The van der Waals surface area contributed by atoms with E-state index >= 15 is 0 Å². The van der Waals surface area contributed by atoms with Crippen LogP contribution in [-0.2, 0) is 6.54 Å². The van der Waals surface area contributed by atoms with Gasteiger partial charge in [-0.25, -0.2) is 0 Å². The molecule has 106 valence electrons. The molecule has 1 rings (SSSR count). The number of halogens is 2. The molecule has 19 heavy (non-hydrogen) atoms. The molecule has 2 nitrogen and oxygen atoms in total. The summed E-state index contributed by atoms with van der Waals surface area (Å²) in [5.41, 5.74) is 1.22. The second-order valence-corrected chi connectivity index (χ2v) is 6.11. The Hall–Kier alpha value is -0.320. The molecule has 0 aliphatic heterocycles. The molecule has 0 fully saturated rings. The standard InChI is InChI=1S/C15H21Br2NO/c1-3-4-5-6-7-8-19-15-13(16)9-12(11-18-2)10-14(15)17/h3,9-10,18H,1,4-8,11H2,2H3. The SMILES string of the molecule is C=CCCCCCOc1c(Br)cc(CNC)cc1Br. The zero-order valence-electron chi connectivity index (χ0n) is 11.3. The van der Waals surface area contributed by atoms with Crippen LogP contribution in [0.2, 0.25) is 0 Å². The molecule has 1 N–H and O–H groups in total. The molecule has 4 heteroatoms. The van der Waals surface area contributed by atoms with Gasteiger partial charge >= 0.3 is 0 Å². The van der Waals surface area contributed by atoms with Crippen LogP contribution in [0.15, 0.2) is 33.7 Å². The minimum atomic E-state index is 0.750. The normalized spacial score (nSPS) is 10.5. The van der Waals surface area contributed by atoms with Gasteiger partial charge in [0.15, 0.2) is 0 Å². The summed E-state index contributed by atoms with van der Waals surface area (Å²) >= 11 is 7.13. The van der Waals surface area contributed by atoms with Crippen molar-refractivity contribution in [2.24, 2.45) is 0 Å². The highest BCUT2D eigenvalue weighted by molar-refractivity contribution is 9.11. The van der Waals surface area contributed by atoms with Crippen LogP contribution in [0.3, 0.4) is 0 Å². The van der Waals surface area contributed by atoms with Gasteiger partial charge in [0.25, 0.3) is 0 Å². The molecule has 0 aromatic heterocycles. The fraction of sp³-hybridized carbons (Fsp3) is 0.467. The molecule has 1 aromatic rings. The fourth-order valence-corrected chi connectivity index (χ4v) is 3.31. The zero-order chi connectivity index (χ0) is 14.1. The van der Waals surface area contributed by atoms with Crippen molar-refractivity contribution in [2.45, 2.75) is 32.2 Å². The van der Waals surface area contributed by atoms with Gasteiger partial charge < -0.3 is 10.1 Å². The lowest BCUT2D eigenvalue weighted by Gasteiger charge is -2.12. The second-order valence-electron chi connectivity index (χ2n) is 4.41. The van der Waals surface area contributed by atoms with Gasteiger partial charge in [-0.1, -0.05) is 6.08 Å². The molecule has 0 atom stereocenters.